The van der Waals surface area contributed by atoms with Gasteiger partial charge in [0.15, 0.2) is 0 Å². The molecular formula is C16H17BrN4O2. The van der Waals surface area contributed by atoms with Crippen molar-refractivity contribution in [3.63, 3.8) is 0 Å². The Bertz CT molecular complexity index is 719. The van der Waals surface area contributed by atoms with Gasteiger partial charge in [-0.2, -0.15) is 4.98 Å². The molecule has 6 nitrogen and oxygen atoms in total. The summed E-state index contributed by atoms with van der Waals surface area (Å²) in [6.45, 7) is 0.429. The molecule has 1 fully saturated rings. The third-order valence-electron chi connectivity index (χ3n) is 3.56. The van der Waals surface area contributed by atoms with E-state index in [0.29, 0.717) is 24.2 Å². The number of anilines is 2. The molecule has 0 saturated heterocycles. The molecule has 0 spiro atoms. The summed E-state index contributed by atoms with van der Waals surface area (Å²) in [4.78, 5) is 19.5. The van der Waals surface area contributed by atoms with Gasteiger partial charge in [0.25, 0.3) is 0 Å². The topological polar surface area (TPSA) is 87.1 Å². The first-order chi connectivity index (χ1) is 11.1. The first-order valence-electron chi connectivity index (χ1n) is 7.44. The standard InChI is InChI=1S/C16H17BrN4O2/c17-12-4-2-1-3-11(12)8-18-14-7-13(10-5-6-10)20-16(21-14)19-9-15(22)23/h1-4,7,10H,5-6,8-9H2,(H,22,23)(H2,18,19,20,21). The van der Waals surface area contributed by atoms with Gasteiger partial charge < -0.3 is 15.7 Å². The summed E-state index contributed by atoms with van der Waals surface area (Å²) in [5.74, 6) is 0.581. The van der Waals surface area contributed by atoms with E-state index in [2.05, 4.69) is 36.5 Å². The van der Waals surface area contributed by atoms with Gasteiger partial charge in [0, 0.05) is 23.0 Å². The van der Waals surface area contributed by atoms with Crippen LogP contribution < -0.4 is 10.6 Å². The molecule has 7 heteroatoms. The largest absolute Gasteiger partial charge is 0.480 e. The predicted octanol–water partition coefficient (Wildman–Crippen LogP) is 3.23. The molecule has 3 rings (SSSR count). The van der Waals surface area contributed by atoms with Crippen molar-refractivity contribution < 1.29 is 9.90 Å². The molecule has 1 aromatic heterocycles. The minimum Gasteiger partial charge on any atom is -0.480 e. The van der Waals surface area contributed by atoms with E-state index in [1.165, 1.54) is 0 Å². The number of carboxylic acid groups (broad SMARTS) is 1. The normalized spacial score (nSPS) is 13.6. The van der Waals surface area contributed by atoms with Crippen LogP contribution in [0.5, 0.6) is 0 Å². The Hall–Kier alpha value is -2.15. The van der Waals surface area contributed by atoms with Crippen LogP contribution in [0.1, 0.15) is 30.0 Å². The fraction of sp³-hybridized carbons (Fsp3) is 0.312. The number of aromatic nitrogens is 2. The van der Waals surface area contributed by atoms with Crippen LogP contribution in [0.3, 0.4) is 0 Å². The van der Waals surface area contributed by atoms with Crippen LogP contribution in [0.4, 0.5) is 11.8 Å². The highest BCUT2D eigenvalue weighted by atomic mass is 79.9. The molecule has 1 aliphatic carbocycles. The molecule has 1 saturated carbocycles. The molecule has 1 aliphatic rings. The number of carboxylic acids is 1. The summed E-state index contributed by atoms with van der Waals surface area (Å²) in [5.41, 5.74) is 2.08. The average molecular weight is 377 g/mol. The molecule has 0 atom stereocenters. The Kier molecular flexibility index (Phi) is 4.76. The van der Waals surface area contributed by atoms with Crippen LogP contribution in [-0.2, 0) is 11.3 Å². The molecule has 0 aliphatic heterocycles. The summed E-state index contributed by atoms with van der Waals surface area (Å²) in [6.07, 6.45) is 2.25. The quantitative estimate of drug-likeness (QED) is 0.687. The molecular weight excluding hydrogens is 360 g/mol. The van der Waals surface area contributed by atoms with Crippen LogP contribution in [0.2, 0.25) is 0 Å². The van der Waals surface area contributed by atoms with Crippen molar-refractivity contribution >= 4 is 33.7 Å². The lowest BCUT2D eigenvalue weighted by molar-refractivity contribution is -0.134. The maximum Gasteiger partial charge on any atom is 0.322 e. The van der Waals surface area contributed by atoms with E-state index in [9.17, 15) is 4.79 Å². The van der Waals surface area contributed by atoms with Crippen LogP contribution >= 0.6 is 15.9 Å². The second kappa shape index (κ2) is 6.95. The molecule has 0 unspecified atom stereocenters. The van der Waals surface area contributed by atoms with Crippen molar-refractivity contribution in [2.24, 2.45) is 0 Å². The second-order valence-electron chi connectivity index (χ2n) is 5.47. The minimum absolute atomic E-state index is 0.197. The summed E-state index contributed by atoms with van der Waals surface area (Å²) >= 11 is 3.52. The van der Waals surface area contributed by atoms with Gasteiger partial charge in [0.2, 0.25) is 5.95 Å². The molecule has 1 aromatic carbocycles. The Labute approximate surface area is 142 Å². The molecule has 2 aromatic rings. The van der Waals surface area contributed by atoms with Crippen molar-refractivity contribution in [2.45, 2.75) is 25.3 Å². The number of benzene rings is 1. The fourth-order valence-corrected chi connectivity index (χ4v) is 2.63. The van der Waals surface area contributed by atoms with Crippen molar-refractivity contribution in [2.75, 3.05) is 17.2 Å². The summed E-state index contributed by atoms with van der Waals surface area (Å²) in [7, 11) is 0. The lowest BCUT2D eigenvalue weighted by atomic mass is 10.2. The number of hydrogen-bond donors (Lipinski definition) is 3. The van der Waals surface area contributed by atoms with E-state index in [1.807, 2.05) is 30.3 Å². The zero-order valence-electron chi connectivity index (χ0n) is 12.4. The molecule has 0 radical (unpaired) electrons. The highest BCUT2D eigenvalue weighted by Crippen LogP contribution is 2.39. The third kappa shape index (κ3) is 4.41. The number of aliphatic carboxylic acids is 1. The van der Waals surface area contributed by atoms with Crippen LogP contribution in [0, 0.1) is 0 Å². The van der Waals surface area contributed by atoms with E-state index >= 15 is 0 Å². The lowest BCUT2D eigenvalue weighted by Gasteiger charge is -2.11. The van der Waals surface area contributed by atoms with Crippen LogP contribution in [-0.4, -0.2) is 27.6 Å². The van der Waals surface area contributed by atoms with Gasteiger partial charge in [-0.05, 0) is 24.5 Å². The van der Waals surface area contributed by atoms with E-state index in [1.54, 1.807) is 0 Å². The number of nitrogens with one attached hydrogen (secondary N) is 2. The van der Waals surface area contributed by atoms with Gasteiger partial charge >= 0.3 is 5.97 Å². The first kappa shape index (κ1) is 15.7. The highest BCUT2D eigenvalue weighted by molar-refractivity contribution is 9.10. The lowest BCUT2D eigenvalue weighted by Crippen LogP contribution is -2.15. The highest BCUT2D eigenvalue weighted by Gasteiger charge is 2.26. The molecule has 1 heterocycles. The number of halogens is 1. The first-order valence-corrected chi connectivity index (χ1v) is 8.23. The maximum atomic E-state index is 10.7. The maximum absolute atomic E-state index is 10.7. The summed E-state index contributed by atoms with van der Waals surface area (Å²) in [5, 5.41) is 14.8. The zero-order valence-corrected chi connectivity index (χ0v) is 14.0. The summed E-state index contributed by atoms with van der Waals surface area (Å²) in [6, 6.07) is 9.92. The Balaban J connectivity index is 1.74. The number of nitrogens with zero attached hydrogens (tertiary/aromatic N) is 2. The fourth-order valence-electron chi connectivity index (χ4n) is 2.21. The van der Waals surface area contributed by atoms with E-state index in [-0.39, 0.29) is 6.54 Å². The Morgan fingerprint density at radius 2 is 2.04 bits per heavy atom. The van der Waals surface area contributed by atoms with Crippen LogP contribution in [0.25, 0.3) is 0 Å². The number of hydrogen-bond acceptors (Lipinski definition) is 5. The van der Waals surface area contributed by atoms with Gasteiger partial charge in [0.05, 0.1) is 5.69 Å². The van der Waals surface area contributed by atoms with E-state index < -0.39 is 5.97 Å². The van der Waals surface area contributed by atoms with Crippen molar-refractivity contribution in [3.8, 4) is 0 Å². The Morgan fingerprint density at radius 1 is 1.26 bits per heavy atom. The monoisotopic (exact) mass is 376 g/mol. The van der Waals surface area contributed by atoms with Gasteiger partial charge in [0.1, 0.15) is 12.4 Å². The smallest absolute Gasteiger partial charge is 0.322 e. The van der Waals surface area contributed by atoms with Gasteiger partial charge in [-0.3, -0.25) is 4.79 Å². The zero-order chi connectivity index (χ0) is 16.2. The van der Waals surface area contributed by atoms with E-state index in [0.717, 1.165) is 28.6 Å². The Morgan fingerprint density at radius 3 is 2.74 bits per heavy atom. The third-order valence-corrected chi connectivity index (χ3v) is 4.33. The van der Waals surface area contributed by atoms with Crippen molar-refractivity contribution in [1.82, 2.24) is 9.97 Å². The molecule has 3 N–H and O–H groups in total. The van der Waals surface area contributed by atoms with Gasteiger partial charge in [-0.15, -0.1) is 0 Å². The average Bonchev–Trinajstić information content (AvgIpc) is 3.37. The summed E-state index contributed by atoms with van der Waals surface area (Å²) < 4.78 is 1.04. The second-order valence-corrected chi connectivity index (χ2v) is 6.32. The van der Waals surface area contributed by atoms with Crippen molar-refractivity contribution in [3.05, 3.63) is 46.1 Å². The molecule has 23 heavy (non-hydrogen) atoms. The van der Waals surface area contributed by atoms with Gasteiger partial charge in [-0.25, -0.2) is 4.98 Å². The SMILES string of the molecule is O=C(O)CNc1nc(NCc2ccccc2Br)cc(C2CC2)n1. The van der Waals surface area contributed by atoms with Gasteiger partial charge in [-0.1, -0.05) is 34.1 Å². The number of carbonyl (C=O) groups is 1. The minimum atomic E-state index is -0.937. The van der Waals surface area contributed by atoms with Crippen LogP contribution in [0.15, 0.2) is 34.8 Å². The number of rotatable bonds is 7. The molecule has 120 valence electrons. The molecule has 0 amide bonds. The van der Waals surface area contributed by atoms with Crippen molar-refractivity contribution in [1.29, 1.82) is 0 Å². The molecule has 0 bridgehead atoms. The van der Waals surface area contributed by atoms with E-state index in [4.69, 9.17) is 5.11 Å². The predicted molar refractivity (Wildman–Crippen MR) is 91.6 cm³/mol.